The Hall–Kier alpha value is -2.41. The molecule has 0 bridgehead atoms. The molecule has 3 nitrogen and oxygen atoms in total. The van der Waals surface area contributed by atoms with Crippen LogP contribution in [0.15, 0.2) is 36.5 Å². The zero-order valence-corrected chi connectivity index (χ0v) is 9.24. The van der Waals surface area contributed by atoms with Gasteiger partial charge in [0.05, 0.1) is 5.56 Å². The van der Waals surface area contributed by atoms with Crippen LogP contribution >= 0.6 is 0 Å². The fourth-order valence-corrected chi connectivity index (χ4v) is 1.54. The molecular formula is C13H10FN3. The van der Waals surface area contributed by atoms with Crippen molar-refractivity contribution in [2.75, 3.05) is 5.32 Å². The van der Waals surface area contributed by atoms with E-state index in [1.807, 2.05) is 6.07 Å². The predicted octanol–water partition coefficient (Wildman–Crippen LogP) is 3.14. The second-order valence-corrected chi connectivity index (χ2v) is 3.65. The topological polar surface area (TPSA) is 48.7 Å². The van der Waals surface area contributed by atoms with Crippen LogP contribution in [0.25, 0.3) is 0 Å². The number of halogens is 1. The van der Waals surface area contributed by atoms with Gasteiger partial charge in [-0.25, -0.2) is 9.37 Å². The lowest BCUT2D eigenvalue weighted by molar-refractivity contribution is 0.627. The summed E-state index contributed by atoms with van der Waals surface area (Å²) in [5.74, 6) is 0.113. The summed E-state index contributed by atoms with van der Waals surface area (Å²) in [4.78, 5) is 4.05. The SMILES string of the molecule is Cc1cc(F)cc(Nc2ncccc2C#N)c1. The van der Waals surface area contributed by atoms with Gasteiger partial charge >= 0.3 is 0 Å². The Balaban J connectivity index is 2.35. The summed E-state index contributed by atoms with van der Waals surface area (Å²) in [6, 6.07) is 9.96. The molecule has 0 saturated heterocycles. The monoisotopic (exact) mass is 227 g/mol. The predicted molar refractivity (Wildman–Crippen MR) is 63.4 cm³/mol. The quantitative estimate of drug-likeness (QED) is 0.857. The normalized spacial score (nSPS) is 9.71. The fourth-order valence-electron chi connectivity index (χ4n) is 1.54. The molecule has 1 aromatic heterocycles. The fraction of sp³-hybridized carbons (Fsp3) is 0.0769. The van der Waals surface area contributed by atoms with Crippen molar-refractivity contribution in [3.8, 4) is 6.07 Å². The molecule has 0 unspecified atom stereocenters. The summed E-state index contributed by atoms with van der Waals surface area (Å²) in [7, 11) is 0. The molecule has 2 rings (SSSR count). The van der Waals surface area contributed by atoms with E-state index < -0.39 is 0 Å². The van der Waals surface area contributed by atoms with Crippen molar-refractivity contribution in [2.45, 2.75) is 6.92 Å². The molecule has 0 fully saturated rings. The van der Waals surface area contributed by atoms with Gasteiger partial charge in [-0.05, 0) is 42.8 Å². The number of hydrogen-bond donors (Lipinski definition) is 1. The molecule has 2 aromatic rings. The maximum atomic E-state index is 13.2. The van der Waals surface area contributed by atoms with Crippen molar-refractivity contribution in [3.05, 3.63) is 53.5 Å². The van der Waals surface area contributed by atoms with E-state index in [2.05, 4.69) is 10.3 Å². The van der Waals surface area contributed by atoms with Crippen molar-refractivity contribution >= 4 is 11.5 Å². The molecule has 0 aliphatic rings. The first-order chi connectivity index (χ1) is 8.19. The van der Waals surface area contributed by atoms with E-state index in [1.54, 1.807) is 31.3 Å². The zero-order valence-electron chi connectivity index (χ0n) is 9.24. The Morgan fingerprint density at radius 2 is 2.18 bits per heavy atom. The van der Waals surface area contributed by atoms with Crippen LogP contribution in [0.3, 0.4) is 0 Å². The summed E-state index contributed by atoms with van der Waals surface area (Å²) < 4.78 is 13.2. The van der Waals surface area contributed by atoms with Crippen LogP contribution in [0, 0.1) is 24.1 Å². The van der Waals surface area contributed by atoms with E-state index in [4.69, 9.17) is 5.26 Å². The Morgan fingerprint density at radius 3 is 2.88 bits per heavy atom. The highest BCUT2D eigenvalue weighted by molar-refractivity contribution is 5.62. The lowest BCUT2D eigenvalue weighted by Crippen LogP contribution is -1.97. The molecule has 0 saturated carbocycles. The molecule has 0 aliphatic carbocycles. The highest BCUT2D eigenvalue weighted by Crippen LogP contribution is 2.19. The lowest BCUT2D eigenvalue weighted by Gasteiger charge is -2.07. The van der Waals surface area contributed by atoms with Crippen molar-refractivity contribution in [1.82, 2.24) is 4.98 Å². The van der Waals surface area contributed by atoms with Crippen LogP contribution in [0.2, 0.25) is 0 Å². The lowest BCUT2D eigenvalue weighted by atomic mass is 10.2. The van der Waals surface area contributed by atoms with Gasteiger partial charge in [-0.1, -0.05) is 0 Å². The van der Waals surface area contributed by atoms with Gasteiger partial charge in [0.15, 0.2) is 0 Å². The van der Waals surface area contributed by atoms with E-state index in [1.165, 1.54) is 12.1 Å². The van der Waals surface area contributed by atoms with Crippen LogP contribution in [0.1, 0.15) is 11.1 Å². The van der Waals surface area contributed by atoms with Crippen LogP contribution in [0.4, 0.5) is 15.9 Å². The van der Waals surface area contributed by atoms with Crippen LogP contribution in [-0.2, 0) is 0 Å². The van der Waals surface area contributed by atoms with Gasteiger partial charge in [-0.15, -0.1) is 0 Å². The summed E-state index contributed by atoms with van der Waals surface area (Å²) in [6.45, 7) is 1.80. The molecule has 0 aliphatic heterocycles. The van der Waals surface area contributed by atoms with Crippen LogP contribution in [0.5, 0.6) is 0 Å². The largest absolute Gasteiger partial charge is 0.339 e. The first kappa shape index (κ1) is 11.1. The molecule has 0 amide bonds. The molecule has 0 atom stereocenters. The third-order valence-electron chi connectivity index (χ3n) is 2.23. The number of nitriles is 1. The third-order valence-corrected chi connectivity index (χ3v) is 2.23. The Kier molecular flexibility index (Phi) is 3.01. The number of benzene rings is 1. The average Bonchev–Trinajstić information content (AvgIpc) is 2.28. The van der Waals surface area contributed by atoms with Gasteiger partial charge < -0.3 is 5.32 Å². The maximum absolute atomic E-state index is 13.2. The maximum Gasteiger partial charge on any atom is 0.148 e. The second kappa shape index (κ2) is 4.62. The Labute approximate surface area is 98.5 Å². The minimum Gasteiger partial charge on any atom is -0.339 e. The summed E-state index contributed by atoms with van der Waals surface area (Å²) in [5.41, 5.74) is 1.81. The average molecular weight is 227 g/mol. The molecule has 1 aromatic carbocycles. The first-order valence-corrected chi connectivity index (χ1v) is 5.08. The Morgan fingerprint density at radius 1 is 1.35 bits per heavy atom. The zero-order chi connectivity index (χ0) is 12.3. The number of rotatable bonds is 2. The molecule has 4 heteroatoms. The molecule has 0 spiro atoms. The third kappa shape index (κ3) is 2.58. The van der Waals surface area contributed by atoms with E-state index in [9.17, 15) is 4.39 Å². The number of aromatic nitrogens is 1. The minimum atomic E-state index is -0.318. The van der Waals surface area contributed by atoms with Crippen molar-refractivity contribution in [3.63, 3.8) is 0 Å². The van der Waals surface area contributed by atoms with E-state index >= 15 is 0 Å². The highest BCUT2D eigenvalue weighted by Gasteiger charge is 2.04. The summed E-state index contributed by atoms with van der Waals surface area (Å²) >= 11 is 0. The molecule has 1 N–H and O–H groups in total. The highest BCUT2D eigenvalue weighted by atomic mass is 19.1. The summed E-state index contributed by atoms with van der Waals surface area (Å²) in [5, 5.41) is 11.8. The van der Waals surface area contributed by atoms with Crippen molar-refractivity contribution in [1.29, 1.82) is 5.26 Å². The molecule has 1 heterocycles. The van der Waals surface area contributed by atoms with Crippen molar-refractivity contribution < 1.29 is 4.39 Å². The number of nitrogens with zero attached hydrogens (tertiary/aromatic N) is 2. The number of nitrogens with one attached hydrogen (secondary N) is 1. The van der Waals surface area contributed by atoms with Gasteiger partial charge in [0.1, 0.15) is 17.7 Å². The molecular weight excluding hydrogens is 217 g/mol. The van der Waals surface area contributed by atoms with Gasteiger partial charge in [0, 0.05) is 11.9 Å². The van der Waals surface area contributed by atoms with E-state index in [0.29, 0.717) is 17.1 Å². The Bertz CT molecular complexity index is 567. The smallest absolute Gasteiger partial charge is 0.148 e. The number of hydrogen-bond acceptors (Lipinski definition) is 3. The van der Waals surface area contributed by atoms with Gasteiger partial charge in [-0.2, -0.15) is 5.26 Å². The van der Waals surface area contributed by atoms with E-state index in [-0.39, 0.29) is 5.82 Å². The van der Waals surface area contributed by atoms with Gasteiger partial charge in [0.2, 0.25) is 0 Å². The second-order valence-electron chi connectivity index (χ2n) is 3.65. The van der Waals surface area contributed by atoms with Crippen LogP contribution in [-0.4, -0.2) is 4.98 Å². The molecule has 0 radical (unpaired) electrons. The number of pyridine rings is 1. The van der Waals surface area contributed by atoms with Crippen LogP contribution < -0.4 is 5.32 Å². The van der Waals surface area contributed by atoms with Gasteiger partial charge in [0.25, 0.3) is 0 Å². The standard InChI is InChI=1S/C13H10FN3/c1-9-5-11(14)7-12(6-9)17-13-10(8-15)3-2-4-16-13/h2-7H,1H3,(H,16,17). The van der Waals surface area contributed by atoms with E-state index in [0.717, 1.165) is 5.56 Å². The van der Waals surface area contributed by atoms with Crippen molar-refractivity contribution in [2.24, 2.45) is 0 Å². The van der Waals surface area contributed by atoms with Gasteiger partial charge in [-0.3, -0.25) is 0 Å². The number of anilines is 2. The minimum absolute atomic E-state index is 0.318. The first-order valence-electron chi connectivity index (χ1n) is 5.08. The summed E-state index contributed by atoms with van der Waals surface area (Å²) in [6.07, 6.45) is 1.58. The molecule has 17 heavy (non-hydrogen) atoms. The molecule has 84 valence electrons. The number of aryl methyl sites for hydroxylation is 1.